The Morgan fingerprint density at radius 3 is 2.29 bits per heavy atom. The van der Waals surface area contributed by atoms with Crippen LogP contribution in [0.5, 0.6) is 0 Å². The largest absolute Gasteiger partial charge is 0.373 e. The summed E-state index contributed by atoms with van der Waals surface area (Å²) in [6.45, 7) is 10.7. The van der Waals surface area contributed by atoms with Crippen LogP contribution in [0.4, 0.5) is 5.82 Å². The summed E-state index contributed by atoms with van der Waals surface area (Å²) in [7, 11) is 1.96. The number of nitrogens with zero attached hydrogens (tertiary/aromatic N) is 2. The SMILES string of the molecule is CCc1c(C)nn(C(C)(C)C)c1NC. The number of aryl methyl sites for hydroxylation is 1. The Balaban J connectivity index is 3.31. The first-order valence-corrected chi connectivity index (χ1v) is 5.18. The molecule has 3 heteroatoms. The summed E-state index contributed by atoms with van der Waals surface area (Å²) in [5, 5.41) is 7.82. The number of hydrogen-bond acceptors (Lipinski definition) is 2. The van der Waals surface area contributed by atoms with E-state index in [-0.39, 0.29) is 5.54 Å². The van der Waals surface area contributed by atoms with Crippen LogP contribution in [-0.4, -0.2) is 16.8 Å². The number of aromatic nitrogens is 2. The summed E-state index contributed by atoms with van der Waals surface area (Å²) in [6, 6.07) is 0. The van der Waals surface area contributed by atoms with Crippen LogP contribution < -0.4 is 5.32 Å². The highest BCUT2D eigenvalue weighted by Gasteiger charge is 2.21. The molecule has 0 atom stereocenters. The molecular weight excluding hydrogens is 174 g/mol. The van der Waals surface area contributed by atoms with Gasteiger partial charge in [-0.3, -0.25) is 0 Å². The summed E-state index contributed by atoms with van der Waals surface area (Å²) in [4.78, 5) is 0. The highest BCUT2D eigenvalue weighted by molar-refractivity contribution is 5.47. The predicted octanol–water partition coefficient (Wildman–Crippen LogP) is 2.55. The molecule has 1 aromatic rings. The van der Waals surface area contributed by atoms with Gasteiger partial charge in [-0.1, -0.05) is 6.92 Å². The van der Waals surface area contributed by atoms with E-state index in [1.165, 1.54) is 5.56 Å². The maximum absolute atomic E-state index is 4.58. The van der Waals surface area contributed by atoms with Gasteiger partial charge in [0.15, 0.2) is 0 Å². The van der Waals surface area contributed by atoms with Crippen LogP contribution in [-0.2, 0) is 12.0 Å². The van der Waals surface area contributed by atoms with Crippen molar-refractivity contribution >= 4 is 5.82 Å². The lowest BCUT2D eigenvalue weighted by molar-refractivity contribution is 0.359. The van der Waals surface area contributed by atoms with Gasteiger partial charge in [0.1, 0.15) is 5.82 Å². The molecule has 14 heavy (non-hydrogen) atoms. The summed E-state index contributed by atoms with van der Waals surface area (Å²) < 4.78 is 2.07. The first kappa shape index (κ1) is 11.1. The van der Waals surface area contributed by atoms with Crippen molar-refractivity contribution < 1.29 is 0 Å². The van der Waals surface area contributed by atoms with E-state index in [1.807, 2.05) is 7.05 Å². The zero-order valence-electron chi connectivity index (χ0n) is 10.1. The van der Waals surface area contributed by atoms with Gasteiger partial charge in [0.05, 0.1) is 11.2 Å². The Labute approximate surface area is 86.5 Å². The fourth-order valence-corrected chi connectivity index (χ4v) is 1.73. The van der Waals surface area contributed by atoms with Crippen LogP contribution in [0.2, 0.25) is 0 Å². The van der Waals surface area contributed by atoms with Gasteiger partial charge in [-0.25, -0.2) is 4.68 Å². The minimum Gasteiger partial charge on any atom is -0.373 e. The zero-order valence-corrected chi connectivity index (χ0v) is 10.1. The second kappa shape index (κ2) is 3.64. The average Bonchev–Trinajstić information content (AvgIpc) is 2.40. The van der Waals surface area contributed by atoms with Crippen molar-refractivity contribution in [1.29, 1.82) is 0 Å². The third kappa shape index (κ3) is 1.76. The zero-order chi connectivity index (χ0) is 10.9. The topological polar surface area (TPSA) is 29.9 Å². The monoisotopic (exact) mass is 195 g/mol. The van der Waals surface area contributed by atoms with Gasteiger partial charge in [-0.15, -0.1) is 0 Å². The molecule has 0 fully saturated rings. The van der Waals surface area contributed by atoms with Crippen molar-refractivity contribution in [3.8, 4) is 0 Å². The number of nitrogens with one attached hydrogen (secondary N) is 1. The van der Waals surface area contributed by atoms with Crippen molar-refractivity contribution in [1.82, 2.24) is 9.78 Å². The number of anilines is 1. The molecule has 0 bridgehead atoms. The van der Waals surface area contributed by atoms with E-state index in [0.29, 0.717) is 0 Å². The molecule has 0 saturated heterocycles. The number of hydrogen-bond donors (Lipinski definition) is 1. The van der Waals surface area contributed by atoms with Gasteiger partial charge in [0.2, 0.25) is 0 Å². The molecule has 0 spiro atoms. The summed E-state index contributed by atoms with van der Waals surface area (Å²) in [5.74, 6) is 1.15. The molecule has 0 unspecified atom stereocenters. The van der Waals surface area contributed by atoms with Gasteiger partial charge < -0.3 is 5.32 Å². The maximum Gasteiger partial charge on any atom is 0.128 e. The minimum absolute atomic E-state index is 0.0382. The normalized spacial score (nSPS) is 11.9. The van der Waals surface area contributed by atoms with E-state index >= 15 is 0 Å². The third-order valence-corrected chi connectivity index (χ3v) is 2.41. The molecule has 1 N–H and O–H groups in total. The molecule has 0 aromatic carbocycles. The fraction of sp³-hybridized carbons (Fsp3) is 0.727. The first-order valence-electron chi connectivity index (χ1n) is 5.18. The first-order chi connectivity index (χ1) is 6.41. The van der Waals surface area contributed by atoms with E-state index in [0.717, 1.165) is 17.9 Å². The van der Waals surface area contributed by atoms with E-state index < -0.39 is 0 Å². The van der Waals surface area contributed by atoms with E-state index in [2.05, 4.69) is 49.7 Å². The van der Waals surface area contributed by atoms with E-state index in [4.69, 9.17) is 0 Å². The lowest BCUT2D eigenvalue weighted by Gasteiger charge is -2.22. The van der Waals surface area contributed by atoms with E-state index in [1.54, 1.807) is 0 Å². The molecule has 0 aliphatic rings. The lowest BCUT2D eigenvalue weighted by Crippen LogP contribution is -2.24. The minimum atomic E-state index is 0.0382. The van der Waals surface area contributed by atoms with Gasteiger partial charge in [0, 0.05) is 12.6 Å². The van der Waals surface area contributed by atoms with Crippen molar-refractivity contribution in [3.05, 3.63) is 11.3 Å². The lowest BCUT2D eigenvalue weighted by atomic mass is 10.1. The summed E-state index contributed by atoms with van der Waals surface area (Å²) >= 11 is 0. The van der Waals surface area contributed by atoms with Gasteiger partial charge in [-0.2, -0.15) is 5.10 Å². The second-order valence-electron chi connectivity index (χ2n) is 4.60. The molecule has 0 aliphatic carbocycles. The van der Waals surface area contributed by atoms with Crippen LogP contribution in [0.15, 0.2) is 0 Å². The van der Waals surface area contributed by atoms with Crippen LogP contribution in [0, 0.1) is 6.92 Å². The Hall–Kier alpha value is -0.990. The molecule has 0 amide bonds. The molecule has 0 radical (unpaired) electrons. The molecule has 0 saturated carbocycles. The Morgan fingerprint density at radius 1 is 1.36 bits per heavy atom. The highest BCUT2D eigenvalue weighted by Crippen LogP contribution is 2.26. The van der Waals surface area contributed by atoms with Crippen LogP contribution in [0.1, 0.15) is 39.0 Å². The molecule has 0 aliphatic heterocycles. The quantitative estimate of drug-likeness (QED) is 0.786. The predicted molar refractivity (Wildman–Crippen MR) is 60.9 cm³/mol. The summed E-state index contributed by atoms with van der Waals surface area (Å²) in [6.07, 6.45) is 1.03. The second-order valence-corrected chi connectivity index (χ2v) is 4.60. The highest BCUT2D eigenvalue weighted by atomic mass is 15.4. The molecular formula is C11H21N3. The van der Waals surface area contributed by atoms with E-state index in [9.17, 15) is 0 Å². The number of rotatable bonds is 2. The van der Waals surface area contributed by atoms with Crippen LogP contribution in [0.25, 0.3) is 0 Å². The maximum atomic E-state index is 4.58. The van der Waals surface area contributed by atoms with Gasteiger partial charge in [-0.05, 0) is 34.1 Å². The Morgan fingerprint density at radius 2 is 1.93 bits per heavy atom. The van der Waals surface area contributed by atoms with Crippen molar-refractivity contribution in [3.63, 3.8) is 0 Å². The Bertz CT molecular complexity index is 318. The summed E-state index contributed by atoms with van der Waals surface area (Å²) in [5.41, 5.74) is 2.49. The molecule has 1 heterocycles. The fourth-order valence-electron chi connectivity index (χ4n) is 1.73. The molecule has 1 rings (SSSR count). The standard InChI is InChI=1S/C11H21N3/c1-7-9-8(2)13-14(10(9)12-6)11(3,4)5/h12H,7H2,1-6H3. The van der Waals surface area contributed by atoms with Crippen molar-refractivity contribution in [2.45, 2.75) is 46.6 Å². The molecule has 3 nitrogen and oxygen atoms in total. The smallest absolute Gasteiger partial charge is 0.128 e. The average molecular weight is 195 g/mol. The Kier molecular flexibility index (Phi) is 2.88. The third-order valence-electron chi connectivity index (χ3n) is 2.41. The van der Waals surface area contributed by atoms with Crippen LogP contribution >= 0.6 is 0 Å². The molecule has 80 valence electrons. The molecule has 1 aromatic heterocycles. The van der Waals surface area contributed by atoms with Gasteiger partial charge in [0.25, 0.3) is 0 Å². The van der Waals surface area contributed by atoms with Crippen LogP contribution in [0.3, 0.4) is 0 Å². The van der Waals surface area contributed by atoms with Crippen molar-refractivity contribution in [2.75, 3.05) is 12.4 Å². The van der Waals surface area contributed by atoms with Crippen molar-refractivity contribution in [2.24, 2.45) is 0 Å². The van der Waals surface area contributed by atoms with Gasteiger partial charge >= 0.3 is 0 Å².